The standard InChI is InChI=1S/C14H10ClNO3/c1-18-11-3-5-12(6-4-11)19-14-7-2-10(16-9-17)8-13(14)15/h2-8H,1H3. The van der Waals surface area contributed by atoms with Crippen molar-refractivity contribution < 1.29 is 14.3 Å². The molecule has 4 nitrogen and oxygen atoms in total. The SMILES string of the molecule is COc1ccc(Oc2ccc(N=C=O)cc2Cl)cc1. The largest absolute Gasteiger partial charge is 0.497 e. The van der Waals surface area contributed by atoms with Gasteiger partial charge in [0, 0.05) is 0 Å². The fourth-order valence-corrected chi connectivity index (χ4v) is 1.68. The highest BCUT2D eigenvalue weighted by atomic mass is 35.5. The van der Waals surface area contributed by atoms with Crippen molar-refractivity contribution >= 4 is 23.4 Å². The van der Waals surface area contributed by atoms with Crippen LogP contribution in [0.25, 0.3) is 0 Å². The second-order valence-electron chi connectivity index (χ2n) is 3.60. The van der Waals surface area contributed by atoms with Crippen molar-refractivity contribution in [2.45, 2.75) is 0 Å². The van der Waals surface area contributed by atoms with Gasteiger partial charge in [-0.15, -0.1) is 0 Å². The van der Waals surface area contributed by atoms with E-state index in [1.807, 2.05) is 0 Å². The van der Waals surface area contributed by atoms with E-state index in [-0.39, 0.29) is 0 Å². The molecule has 0 radical (unpaired) electrons. The molecule has 96 valence electrons. The number of rotatable bonds is 4. The Labute approximate surface area is 115 Å². The maximum atomic E-state index is 10.1. The Morgan fingerprint density at radius 1 is 1.11 bits per heavy atom. The Morgan fingerprint density at radius 3 is 2.37 bits per heavy atom. The average molecular weight is 276 g/mol. The minimum absolute atomic E-state index is 0.368. The molecule has 0 saturated carbocycles. The first kappa shape index (κ1) is 13.1. The van der Waals surface area contributed by atoms with Gasteiger partial charge in [0.2, 0.25) is 6.08 Å². The molecule has 0 spiro atoms. The van der Waals surface area contributed by atoms with Gasteiger partial charge < -0.3 is 9.47 Å². The van der Waals surface area contributed by atoms with Gasteiger partial charge in [-0.05, 0) is 42.5 Å². The molecular formula is C14H10ClNO3. The van der Waals surface area contributed by atoms with Gasteiger partial charge in [0.15, 0.2) is 0 Å². The zero-order valence-corrected chi connectivity index (χ0v) is 10.8. The summed E-state index contributed by atoms with van der Waals surface area (Å²) in [5.74, 6) is 1.86. The summed E-state index contributed by atoms with van der Waals surface area (Å²) >= 11 is 6.03. The summed E-state index contributed by atoms with van der Waals surface area (Å²) in [5.41, 5.74) is 0.432. The van der Waals surface area contributed by atoms with E-state index in [4.69, 9.17) is 21.1 Å². The van der Waals surface area contributed by atoms with Crippen LogP contribution in [0.3, 0.4) is 0 Å². The Balaban J connectivity index is 2.20. The van der Waals surface area contributed by atoms with Gasteiger partial charge in [0.05, 0.1) is 17.8 Å². The summed E-state index contributed by atoms with van der Waals surface area (Å²) in [5, 5.41) is 0.368. The van der Waals surface area contributed by atoms with Crippen LogP contribution in [0.5, 0.6) is 17.2 Å². The van der Waals surface area contributed by atoms with Gasteiger partial charge in [0.25, 0.3) is 0 Å². The summed E-state index contributed by atoms with van der Waals surface area (Å²) in [7, 11) is 1.60. The second-order valence-corrected chi connectivity index (χ2v) is 4.00. The molecule has 0 aromatic heterocycles. The molecule has 2 rings (SSSR count). The molecule has 0 aliphatic carbocycles. The van der Waals surface area contributed by atoms with Gasteiger partial charge >= 0.3 is 0 Å². The first-order valence-electron chi connectivity index (χ1n) is 5.42. The molecular weight excluding hydrogens is 266 g/mol. The lowest BCUT2D eigenvalue weighted by molar-refractivity contribution is 0.413. The lowest BCUT2D eigenvalue weighted by Crippen LogP contribution is -1.86. The lowest BCUT2D eigenvalue weighted by atomic mass is 10.3. The Kier molecular flexibility index (Phi) is 4.18. The Morgan fingerprint density at radius 2 is 1.79 bits per heavy atom. The highest BCUT2D eigenvalue weighted by molar-refractivity contribution is 6.32. The molecule has 2 aromatic carbocycles. The van der Waals surface area contributed by atoms with Crippen molar-refractivity contribution in [2.75, 3.05) is 7.11 Å². The first-order chi connectivity index (χ1) is 9.22. The van der Waals surface area contributed by atoms with Crippen molar-refractivity contribution in [1.29, 1.82) is 0 Å². The smallest absolute Gasteiger partial charge is 0.240 e. The van der Waals surface area contributed by atoms with E-state index in [1.165, 1.54) is 12.1 Å². The number of aliphatic imine (C=N–C) groups is 1. The maximum absolute atomic E-state index is 10.1. The molecule has 19 heavy (non-hydrogen) atoms. The fourth-order valence-electron chi connectivity index (χ4n) is 1.47. The number of nitrogens with zero attached hydrogens (tertiary/aromatic N) is 1. The van der Waals surface area contributed by atoms with Crippen molar-refractivity contribution in [3.8, 4) is 17.2 Å². The third kappa shape index (κ3) is 3.35. The van der Waals surface area contributed by atoms with Gasteiger partial charge in [-0.2, -0.15) is 4.99 Å². The van der Waals surface area contributed by atoms with Crippen LogP contribution in [0, 0.1) is 0 Å². The van der Waals surface area contributed by atoms with Crippen molar-refractivity contribution in [3.63, 3.8) is 0 Å². The number of benzene rings is 2. The topological polar surface area (TPSA) is 47.9 Å². The van der Waals surface area contributed by atoms with E-state index in [9.17, 15) is 4.79 Å². The number of halogens is 1. The average Bonchev–Trinajstić information content (AvgIpc) is 2.43. The molecule has 0 unspecified atom stereocenters. The van der Waals surface area contributed by atoms with Crippen LogP contribution < -0.4 is 9.47 Å². The highest BCUT2D eigenvalue weighted by Crippen LogP contribution is 2.32. The zero-order chi connectivity index (χ0) is 13.7. The van der Waals surface area contributed by atoms with Gasteiger partial charge in [-0.3, -0.25) is 0 Å². The normalized spacial score (nSPS) is 9.58. The lowest BCUT2D eigenvalue weighted by Gasteiger charge is -2.08. The van der Waals surface area contributed by atoms with Gasteiger partial charge in [-0.1, -0.05) is 11.6 Å². The number of ether oxygens (including phenoxy) is 2. The molecule has 5 heteroatoms. The first-order valence-corrected chi connectivity index (χ1v) is 5.80. The maximum Gasteiger partial charge on any atom is 0.240 e. The van der Waals surface area contributed by atoms with Crippen molar-refractivity contribution in [1.82, 2.24) is 0 Å². The summed E-state index contributed by atoms with van der Waals surface area (Å²) < 4.78 is 10.7. The van der Waals surface area contributed by atoms with E-state index in [0.29, 0.717) is 22.2 Å². The van der Waals surface area contributed by atoms with Crippen LogP contribution in [0.1, 0.15) is 0 Å². The van der Waals surface area contributed by atoms with E-state index < -0.39 is 0 Å². The summed E-state index contributed by atoms with van der Waals surface area (Å²) in [6.07, 6.45) is 1.45. The van der Waals surface area contributed by atoms with E-state index >= 15 is 0 Å². The number of hydrogen-bond acceptors (Lipinski definition) is 4. The number of carbonyl (C=O) groups excluding carboxylic acids is 1. The molecule has 2 aromatic rings. The molecule has 0 heterocycles. The van der Waals surface area contributed by atoms with Crippen molar-refractivity contribution in [3.05, 3.63) is 47.5 Å². The second kappa shape index (κ2) is 6.05. The quantitative estimate of drug-likeness (QED) is 0.623. The van der Waals surface area contributed by atoms with Crippen LogP contribution >= 0.6 is 11.6 Å². The van der Waals surface area contributed by atoms with Crippen LogP contribution in [-0.4, -0.2) is 13.2 Å². The van der Waals surface area contributed by atoms with E-state index in [2.05, 4.69) is 4.99 Å². The minimum Gasteiger partial charge on any atom is -0.497 e. The molecule has 0 N–H and O–H groups in total. The number of isocyanates is 1. The Hall–Kier alpha value is -2.29. The number of hydrogen-bond donors (Lipinski definition) is 0. The molecule has 0 amide bonds. The predicted molar refractivity (Wildman–Crippen MR) is 72.3 cm³/mol. The third-order valence-electron chi connectivity index (χ3n) is 2.38. The monoisotopic (exact) mass is 275 g/mol. The Bertz CT molecular complexity index is 619. The summed E-state index contributed by atoms with van der Waals surface area (Å²) in [6, 6.07) is 11.9. The molecule has 0 atom stereocenters. The summed E-state index contributed by atoms with van der Waals surface area (Å²) in [6.45, 7) is 0. The van der Waals surface area contributed by atoms with Crippen LogP contribution in [-0.2, 0) is 4.79 Å². The molecule has 0 bridgehead atoms. The third-order valence-corrected chi connectivity index (χ3v) is 2.67. The van der Waals surface area contributed by atoms with Crippen molar-refractivity contribution in [2.24, 2.45) is 4.99 Å². The number of methoxy groups -OCH3 is 1. The van der Waals surface area contributed by atoms with Crippen LogP contribution in [0.4, 0.5) is 5.69 Å². The molecule has 0 aliphatic rings. The molecule has 0 aliphatic heterocycles. The van der Waals surface area contributed by atoms with E-state index in [1.54, 1.807) is 43.5 Å². The van der Waals surface area contributed by atoms with Crippen LogP contribution in [0.2, 0.25) is 5.02 Å². The fraction of sp³-hybridized carbons (Fsp3) is 0.0714. The van der Waals surface area contributed by atoms with Gasteiger partial charge in [0.1, 0.15) is 17.2 Å². The highest BCUT2D eigenvalue weighted by Gasteiger charge is 2.04. The molecule has 0 fully saturated rings. The summed E-state index contributed by atoms with van der Waals surface area (Å²) in [4.78, 5) is 13.6. The minimum atomic E-state index is 0.368. The zero-order valence-electron chi connectivity index (χ0n) is 10.1. The predicted octanol–water partition coefficient (Wildman–Crippen LogP) is 4.11. The van der Waals surface area contributed by atoms with Gasteiger partial charge in [-0.25, -0.2) is 4.79 Å². The van der Waals surface area contributed by atoms with Crippen LogP contribution in [0.15, 0.2) is 47.5 Å². The molecule has 0 saturated heterocycles. The van der Waals surface area contributed by atoms with E-state index in [0.717, 1.165) is 5.75 Å².